The summed E-state index contributed by atoms with van der Waals surface area (Å²) in [5.41, 5.74) is 2.26. The van der Waals surface area contributed by atoms with Crippen LogP contribution >= 0.6 is 27.5 Å². The van der Waals surface area contributed by atoms with E-state index in [2.05, 4.69) is 20.9 Å². The van der Waals surface area contributed by atoms with Crippen LogP contribution in [0, 0.1) is 18.3 Å². The number of pyridine rings is 1. The van der Waals surface area contributed by atoms with Crippen LogP contribution in [0.15, 0.2) is 34.9 Å². The van der Waals surface area contributed by atoms with Crippen molar-refractivity contribution < 1.29 is 4.74 Å². The summed E-state index contributed by atoms with van der Waals surface area (Å²) < 4.78 is 6.40. The number of aromatic nitrogens is 1. The minimum Gasteiger partial charge on any atom is -0.486 e. The maximum Gasteiger partial charge on any atom is 0.182 e. The molecular weight excluding hydrogens is 328 g/mol. The monoisotopic (exact) mass is 336 g/mol. The zero-order valence-electron chi connectivity index (χ0n) is 10.2. The maximum absolute atomic E-state index is 8.96. The molecule has 19 heavy (non-hydrogen) atoms. The molecule has 0 fully saturated rings. The third-order valence-electron chi connectivity index (χ3n) is 2.54. The first kappa shape index (κ1) is 13.9. The van der Waals surface area contributed by atoms with Gasteiger partial charge >= 0.3 is 0 Å². The Kier molecular flexibility index (Phi) is 4.41. The van der Waals surface area contributed by atoms with E-state index in [9.17, 15) is 0 Å². The number of nitriles is 1. The van der Waals surface area contributed by atoms with Gasteiger partial charge in [-0.15, -0.1) is 0 Å². The first-order valence-corrected chi connectivity index (χ1v) is 6.70. The molecular formula is C14H10BrClN2O. The third kappa shape index (κ3) is 3.46. The summed E-state index contributed by atoms with van der Waals surface area (Å²) in [5.74, 6) is 0.462. The highest BCUT2D eigenvalue weighted by atomic mass is 79.9. The van der Waals surface area contributed by atoms with Crippen LogP contribution in [0.1, 0.15) is 16.8 Å². The SMILES string of the molecule is Cc1cc(COc2cc(Br)cnc2C#N)ccc1Cl. The summed E-state index contributed by atoms with van der Waals surface area (Å²) in [5, 5.41) is 9.69. The van der Waals surface area contributed by atoms with E-state index in [-0.39, 0.29) is 5.69 Å². The molecule has 0 saturated heterocycles. The van der Waals surface area contributed by atoms with E-state index in [4.69, 9.17) is 21.6 Å². The van der Waals surface area contributed by atoms with Gasteiger partial charge in [0.05, 0.1) is 0 Å². The number of hydrogen-bond donors (Lipinski definition) is 0. The van der Waals surface area contributed by atoms with Gasteiger partial charge < -0.3 is 4.74 Å². The van der Waals surface area contributed by atoms with Gasteiger partial charge in [-0.05, 0) is 46.1 Å². The van der Waals surface area contributed by atoms with Gasteiger partial charge in [-0.1, -0.05) is 23.7 Å². The number of rotatable bonds is 3. The fourth-order valence-electron chi connectivity index (χ4n) is 1.57. The normalized spacial score (nSPS) is 10.0. The van der Waals surface area contributed by atoms with Crippen molar-refractivity contribution in [3.8, 4) is 11.8 Å². The van der Waals surface area contributed by atoms with Crippen molar-refractivity contribution in [3.63, 3.8) is 0 Å². The van der Waals surface area contributed by atoms with Crippen LogP contribution in [0.4, 0.5) is 0 Å². The van der Waals surface area contributed by atoms with Crippen molar-refractivity contribution >= 4 is 27.5 Å². The Balaban J connectivity index is 2.16. The number of nitrogens with zero attached hydrogens (tertiary/aromatic N) is 2. The quantitative estimate of drug-likeness (QED) is 0.841. The van der Waals surface area contributed by atoms with E-state index in [0.29, 0.717) is 12.4 Å². The maximum atomic E-state index is 8.96. The molecule has 0 atom stereocenters. The summed E-state index contributed by atoms with van der Waals surface area (Å²) in [4.78, 5) is 3.99. The van der Waals surface area contributed by atoms with Gasteiger partial charge in [0.25, 0.3) is 0 Å². The van der Waals surface area contributed by atoms with E-state index in [1.165, 1.54) is 0 Å². The predicted octanol–water partition coefficient (Wildman–Crippen LogP) is 4.26. The molecule has 5 heteroatoms. The summed E-state index contributed by atoms with van der Waals surface area (Å²) in [7, 11) is 0. The van der Waals surface area contributed by atoms with E-state index in [1.54, 1.807) is 12.3 Å². The molecule has 0 bridgehead atoms. The lowest BCUT2D eigenvalue weighted by Gasteiger charge is -2.08. The molecule has 2 aromatic rings. The molecule has 96 valence electrons. The Morgan fingerprint density at radius 2 is 2.21 bits per heavy atom. The number of benzene rings is 1. The van der Waals surface area contributed by atoms with Crippen LogP contribution in [-0.2, 0) is 6.61 Å². The zero-order valence-corrected chi connectivity index (χ0v) is 12.5. The first-order valence-electron chi connectivity index (χ1n) is 5.53. The van der Waals surface area contributed by atoms with Crippen LogP contribution in [0.25, 0.3) is 0 Å². The van der Waals surface area contributed by atoms with Crippen molar-refractivity contribution in [1.82, 2.24) is 4.98 Å². The number of aryl methyl sites for hydroxylation is 1. The van der Waals surface area contributed by atoms with Gasteiger partial charge in [0.15, 0.2) is 11.4 Å². The lowest BCUT2D eigenvalue weighted by atomic mass is 10.1. The van der Waals surface area contributed by atoms with E-state index >= 15 is 0 Å². The summed E-state index contributed by atoms with van der Waals surface area (Å²) >= 11 is 9.27. The topological polar surface area (TPSA) is 45.9 Å². The van der Waals surface area contributed by atoms with Gasteiger partial charge in [0.1, 0.15) is 12.7 Å². The Hall–Kier alpha value is -1.57. The highest BCUT2D eigenvalue weighted by Crippen LogP contribution is 2.23. The molecule has 0 N–H and O–H groups in total. The molecule has 0 unspecified atom stereocenters. The smallest absolute Gasteiger partial charge is 0.182 e. The Morgan fingerprint density at radius 1 is 1.42 bits per heavy atom. The molecule has 0 spiro atoms. The van der Waals surface area contributed by atoms with Crippen molar-refractivity contribution in [3.05, 3.63) is 56.8 Å². The van der Waals surface area contributed by atoms with E-state index < -0.39 is 0 Å². The molecule has 0 saturated carbocycles. The second-order valence-corrected chi connectivity index (χ2v) is 5.31. The lowest BCUT2D eigenvalue weighted by Crippen LogP contribution is -1.99. The van der Waals surface area contributed by atoms with Gasteiger partial charge in [-0.2, -0.15) is 5.26 Å². The van der Waals surface area contributed by atoms with Gasteiger partial charge in [-0.3, -0.25) is 0 Å². The Morgan fingerprint density at radius 3 is 2.89 bits per heavy atom. The second kappa shape index (κ2) is 6.05. The number of hydrogen-bond acceptors (Lipinski definition) is 3. The van der Waals surface area contributed by atoms with Gasteiger partial charge in [0, 0.05) is 15.7 Å². The van der Waals surface area contributed by atoms with Gasteiger partial charge in [0.2, 0.25) is 0 Å². The number of halogens is 2. The minimum absolute atomic E-state index is 0.272. The first-order chi connectivity index (χ1) is 9.10. The molecule has 0 aliphatic heterocycles. The predicted molar refractivity (Wildman–Crippen MR) is 77.2 cm³/mol. The average molecular weight is 338 g/mol. The molecule has 1 heterocycles. The molecule has 3 nitrogen and oxygen atoms in total. The zero-order chi connectivity index (χ0) is 13.8. The molecule has 0 aliphatic rings. The summed E-state index contributed by atoms with van der Waals surface area (Å²) in [6.45, 7) is 2.30. The highest BCUT2D eigenvalue weighted by molar-refractivity contribution is 9.10. The minimum atomic E-state index is 0.272. The van der Waals surface area contributed by atoms with Crippen LogP contribution in [-0.4, -0.2) is 4.98 Å². The molecule has 0 aliphatic carbocycles. The fourth-order valence-corrected chi connectivity index (χ4v) is 2.00. The molecule has 0 amide bonds. The van der Waals surface area contributed by atoms with Gasteiger partial charge in [-0.25, -0.2) is 4.98 Å². The largest absolute Gasteiger partial charge is 0.486 e. The van der Waals surface area contributed by atoms with Crippen LogP contribution in [0.5, 0.6) is 5.75 Å². The van der Waals surface area contributed by atoms with Crippen LogP contribution in [0.2, 0.25) is 5.02 Å². The molecule has 2 rings (SSSR count). The third-order valence-corrected chi connectivity index (χ3v) is 3.40. The summed E-state index contributed by atoms with van der Waals surface area (Å²) in [6, 6.07) is 9.42. The van der Waals surface area contributed by atoms with Crippen LogP contribution < -0.4 is 4.74 Å². The standard InChI is InChI=1S/C14H10BrClN2O/c1-9-4-10(2-3-12(9)16)8-19-14-5-11(15)7-18-13(14)6-17/h2-5,7H,8H2,1H3. The van der Waals surface area contributed by atoms with E-state index in [0.717, 1.165) is 20.6 Å². The van der Waals surface area contributed by atoms with E-state index in [1.807, 2.05) is 31.2 Å². The van der Waals surface area contributed by atoms with Crippen molar-refractivity contribution in [1.29, 1.82) is 5.26 Å². The summed E-state index contributed by atoms with van der Waals surface area (Å²) in [6.07, 6.45) is 1.57. The highest BCUT2D eigenvalue weighted by Gasteiger charge is 2.06. The molecule has 1 aromatic carbocycles. The number of ether oxygens (including phenoxy) is 1. The molecule has 1 aromatic heterocycles. The Bertz CT molecular complexity index is 652. The van der Waals surface area contributed by atoms with Crippen LogP contribution in [0.3, 0.4) is 0 Å². The fraction of sp³-hybridized carbons (Fsp3) is 0.143. The average Bonchev–Trinajstić information content (AvgIpc) is 2.40. The van der Waals surface area contributed by atoms with Crippen molar-refractivity contribution in [2.75, 3.05) is 0 Å². The van der Waals surface area contributed by atoms with Crippen molar-refractivity contribution in [2.45, 2.75) is 13.5 Å². The van der Waals surface area contributed by atoms with Crippen molar-refractivity contribution in [2.24, 2.45) is 0 Å². The second-order valence-electron chi connectivity index (χ2n) is 3.98. The Labute approximate surface area is 124 Å². The molecule has 0 radical (unpaired) electrons. The lowest BCUT2D eigenvalue weighted by molar-refractivity contribution is 0.303.